The van der Waals surface area contributed by atoms with Gasteiger partial charge in [-0.25, -0.2) is 0 Å². The fourth-order valence-electron chi connectivity index (χ4n) is 1.15. The molecule has 0 aliphatic rings. The summed E-state index contributed by atoms with van der Waals surface area (Å²) in [5, 5.41) is 35.9. The lowest BCUT2D eigenvalue weighted by Gasteiger charge is -2.29. The molecule has 0 saturated carbocycles. The summed E-state index contributed by atoms with van der Waals surface area (Å²) >= 11 is 0. The van der Waals surface area contributed by atoms with E-state index in [0.717, 1.165) is 0 Å². The first-order chi connectivity index (χ1) is 6.78. The molecule has 0 amide bonds. The average molecular weight is 244 g/mol. The summed E-state index contributed by atoms with van der Waals surface area (Å²) < 4.78 is 29.2. The minimum absolute atomic E-state index is 0.323. The highest BCUT2D eigenvalue weighted by atomic mass is 32.2. The van der Waals surface area contributed by atoms with E-state index in [1.807, 2.05) is 0 Å². The minimum Gasteiger partial charge on any atom is -0.396 e. The number of hydrogen-bond donors (Lipinski definition) is 5. The summed E-state index contributed by atoms with van der Waals surface area (Å²) in [6.07, 6.45) is -1.78. The highest BCUT2D eigenvalue weighted by Gasteiger charge is 2.32. The van der Waals surface area contributed by atoms with Crippen LogP contribution in [0.4, 0.5) is 0 Å². The van der Waals surface area contributed by atoms with Gasteiger partial charge < -0.3 is 20.4 Å². The van der Waals surface area contributed by atoms with Crippen molar-refractivity contribution in [1.82, 2.24) is 0 Å². The van der Waals surface area contributed by atoms with Gasteiger partial charge in [0.1, 0.15) is 5.75 Å². The molecule has 0 heterocycles. The van der Waals surface area contributed by atoms with E-state index in [9.17, 15) is 13.5 Å². The molecule has 0 aromatic rings. The summed E-state index contributed by atoms with van der Waals surface area (Å²) in [5.74, 6) is -0.894. The van der Waals surface area contributed by atoms with Crippen LogP contribution >= 0.6 is 0 Å². The highest BCUT2D eigenvalue weighted by molar-refractivity contribution is 7.85. The van der Waals surface area contributed by atoms with Gasteiger partial charge >= 0.3 is 0 Å². The summed E-state index contributed by atoms with van der Waals surface area (Å²) in [6, 6.07) is 0. The Kier molecular flexibility index (Phi) is 5.63. The molecule has 0 spiro atoms. The van der Waals surface area contributed by atoms with Gasteiger partial charge in [-0.2, -0.15) is 8.42 Å². The fraction of sp³-hybridized carbons (Fsp3) is 1.00. The molecular formula is C7H16O7S. The van der Waals surface area contributed by atoms with Crippen molar-refractivity contribution in [2.45, 2.75) is 12.5 Å². The maximum atomic E-state index is 10.4. The first kappa shape index (κ1) is 14.8. The lowest BCUT2D eigenvalue weighted by atomic mass is 9.85. The van der Waals surface area contributed by atoms with E-state index in [0.29, 0.717) is 0 Å². The van der Waals surface area contributed by atoms with E-state index in [4.69, 9.17) is 19.9 Å². The average Bonchev–Trinajstić information content (AvgIpc) is 2.11. The molecule has 7 nitrogen and oxygen atoms in total. The van der Waals surface area contributed by atoms with Gasteiger partial charge in [-0.1, -0.05) is 0 Å². The third-order valence-corrected chi connectivity index (χ3v) is 2.88. The second-order valence-electron chi connectivity index (χ2n) is 3.58. The quantitative estimate of drug-likeness (QED) is 0.315. The summed E-state index contributed by atoms with van der Waals surface area (Å²) in [4.78, 5) is 0. The molecule has 1 atom stereocenters. The smallest absolute Gasteiger partial charge is 0.267 e. The molecule has 0 aromatic carbocycles. The van der Waals surface area contributed by atoms with Crippen molar-refractivity contribution in [3.8, 4) is 0 Å². The number of aliphatic hydroxyl groups is 4. The van der Waals surface area contributed by atoms with Crippen LogP contribution in [0.25, 0.3) is 0 Å². The molecule has 0 saturated heterocycles. The Morgan fingerprint density at radius 2 is 1.47 bits per heavy atom. The van der Waals surface area contributed by atoms with E-state index in [1.54, 1.807) is 0 Å². The van der Waals surface area contributed by atoms with Crippen LogP contribution in [0.15, 0.2) is 0 Å². The number of hydrogen-bond acceptors (Lipinski definition) is 6. The van der Waals surface area contributed by atoms with E-state index in [1.165, 1.54) is 0 Å². The lowest BCUT2D eigenvalue weighted by Crippen LogP contribution is -2.39. The normalized spacial score (nSPS) is 15.3. The summed E-state index contributed by atoms with van der Waals surface area (Å²) in [7, 11) is -4.32. The van der Waals surface area contributed by atoms with Gasteiger partial charge in [0.05, 0.1) is 25.9 Å². The Morgan fingerprint density at radius 1 is 1.07 bits per heavy atom. The Morgan fingerprint density at radius 3 is 1.73 bits per heavy atom. The van der Waals surface area contributed by atoms with Gasteiger partial charge in [-0.3, -0.25) is 4.55 Å². The molecule has 0 rings (SSSR count). The molecule has 15 heavy (non-hydrogen) atoms. The van der Waals surface area contributed by atoms with Crippen molar-refractivity contribution in [2.24, 2.45) is 5.41 Å². The third-order valence-electron chi connectivity index (χ3n) is 2.08. The van der Waals surface area contributed by atoms with E-state index in [-0.39, 0.29) is 6.42 Å². The minimum atomic E-state index is -4.32. The van der Waals surface area contributed by atoms with Crippen molar-refractivity contribution < 1.29 is 33.4 Å². The van der Waals surface area contributed by atoms with Gasteiger partial charge in [0, 0.05) is 5.41 Å². The van der Waals surface area contributed by atoms with Gasteiger partial charge in [0.2, 0.25) is 0 Å². The standard InChI is InChI=1S/C7H16O7S/c8-3-7(4-9,5-10)1-6(11)2-15(12,13)14/h6,8-11H,1-5H2,(H,12,13,14). The summed E-state index contributed by atoms with van der Waals surface area (Å²) in [6.45, 7) is -1.78. The topological polar surface area (TPSA) is 135 Å². The second-order valence-corrected chi connectivity index (χ2v) is 5.08. The van der Waals surface area contributed by atoms with E-state index >= 15 is 0 Å². The zero-order valence-electron chi connectivity index (χ0n) is 8.07. The molecular weight excluding hydrogens is 228 g/mol. The van der Waals surface area contributed by atoms with Crippen LogP contribution in [0.5, 0.6) is 0 Å². The van der Waals surface area contributed by atoms with E-state index < -0.39 is 47.2 Å². The first-order valence-electron chi connectivity index (χ1n) is 4.24. The molecule has 0 bridgehead atoms. The van der Waals surface area contributed by atoms with Crippen LogP contribution in [-0.2, 0) is 10.1 Å². The predicted molar refractivity (Wildman–Crippen MR) is 50.7 cm³/mol. The molecule has 0 aliphatic carbocycles. The van der Waals surface area contributed by atoms with E-state index in [2.05, 4.69) is 0 Å². The lowest BCUT2D eigenvalue weighted by molar-refractivity contribution is -0.0261. The van der Waals surface area contributed by atoms with Crippen LogP contribution in [0.2, 0.25) is 0 Å². The molecule has 5 N–H and O–H groups in total. The fourth-order valence-corrected chi connectivity index (χ4v) is 1.75. The zero-order chi connectivity index (χ0) is 12.1. The van der Waals surface area contributed by atoms with Gasteiger partial charge in [0.15, 0.2) is 0 Å². The molecule has 92 valence electrons. The van der Waals surface area contributed by atoms with Crippen molar-refractivity contribution >= 4 is 10.1 Å². The van der Waals surface area contributed by atoms with Crippen LogP contribution in [0.3, 0.4) is 0 Å². The SMILES string of the molecule is O=S(=O)(O)CC(O)CC(CO)(CO)CO. The molecule has 1 unspecified atom stereocenters. The highest BCUT2D eigenvalue weighted by Crippen LogP contribution is 2.22. The van der Waals surface area contributed by atoms with Crippen LogP contribution in [-0.4, -0.2) is 65.1 Å². The van der Waals surface area contributed by atoms with Crippen molar-refractivity contribution in [2.75, 3.05) is 25.6 Å². The molecule has 0 aromatic heterocycles. The number of rotatable bonds is 7. The Hall–Kier alpha value is -0.250. The Labute approximate surface area is 87.7 Å². The summed E-state index contributed by atoms with van der Waals surface area (Å²) in [5.41, 5.74) is -1.34. The Balaban J connectivity index is 4.42. The van der Waals surface area contributed by atoms with Crippen LogP contribution in [0.1, 0.15) is 6.42 Å². The maximum absolute atomic E-state index is 10.4. The second kappa shape index (κ2) is 5.73. The largest absolute Gasteiger partial charge is 0.396 e. The zero-order valence-corrected chi connectivity index (χ0v) is 8.89. The molecule has 0 radical (unpaired) electrons. The molecule has 0 aliphatic heterocycles. The van der Waals surface area contributed by atoms with Gasteiger partial charge in [-0.05, 0) is 6.42 Å². The van der Waals surface area contributed by atoms with Crippen molar-refractivity contribution in [3.63, 3.8) is 0 Å². The predicted octanol–water partition coefficient (Wildman–Crippen LogP) is -2.41. The molecule has 8 heteroatoms. The van der Waals surface area contributed by atoms with Crippen LogP contribution in [0, 0.1) is 5.41 Å². The third kappa shape index (κ3) is 5.40. The van der Waals surface area contributed by atoms with Crippen molar-refractivity contribution in [3.05, 3.63) is 0 Å². The Bertz CT molecular complexity index is 261. The monoisotopic (exact) mass is 244 g/mol. The van der Waals surface area contributed by atoms with Gasteiger partial charge in [0.25, 0.3) is 10.1 Å². The van der Waals surface area contributed by atoms with Crippen molar-refractivity contribution in [1.29, 1.82) is 0 Å². The van der Waals surface area contributed by atoms with Crippen LogP contribution < -0.4 is 0 Å². The molecule has 0 fully saturated rings. The van der Waals surface area contributed by atoms with Gasteiger partial charge in [-0.15, -0.1) is 0 Å². The first-order valence-corrected chi connectivity index (χ1v) is 5.85. The maximum Gasteiger partial charge on any atom is 0.267 e. The number of aliphatic hydroxyl groups excluding tert-OH is 4.